The van der Waals surface area contributed by atoms with Crippen LogP contribution in [0.25, 0.3) is 0 Å². The largest absolute Gasteiger partial charge is 0.481 e. The molecule has 2 atom stereocenters. The first-order valence-electron chi connectivity index (χ1n) is 5.02. The van der Waals surface area contributed by atoms with E-state index in [9.17, 15) is 4.79 Å². The minimum atomic E-state index is -0.725. The van der Waals surface area contributed by atoms with Crippen LogP contribution in [0.1, 0.15) is 12.8 Å². The Morgan fingerprint density at radius 3 is 2.75 bits per heavy atom. The van der Waals surface area contributed by atoms with Crippen LogP contribution in [-0.4, -0.2) is 17.1 Å². The van der Waals surface area contributed by atoms with Crippen molar-refractivity contribution in [3.05, 3.63) is 27.7 Å². The summed E-state index contributed by atoms with van der Waals surface area (Å²) >= 11 is 9.21. The number of nitrogens with one attached hydrogen (secondary N) is 1. The maximum absolute atomic E-state index is 10.8. The highest BCUT2D eigenvalue weighted by molar-refractivity contribution is 9.10. The van der Waals surface area contributed by atoms with Crippen molar-refractivity contribution >= 4 is 39.2 Å². The second-order valence-electron chi connectivity index (χ2n) is 3.90. The number of aliphatic carboxylic acids is 1. The van der Waals surface area contributed by atoms with E-state index >= 15 is 0 Å². The number of carboxylic acid groups (broad SMARTS) is 1. The molecule has 1 aromatic carbocycles. The zero-order valence-electron chi connectivity index (χ0n) is 8.41. The molecule has 0 amide bonds. The predicted molar refractivity (Wildman–Crippen MR) is 66.9 cm³/mol. The van der Waals surface area contributed by atoms with Gasteiger partial charge in [-0.05, 0) is 47.0 Å². The summed E-state index contributed by atoms with van der Waals surface area (Å²) in [6, 6.07) is 5.53. The van der Waals surface area contributed by atoms with E-state index in [0.29, 0.717) is 5.02 Å². The summed E-state index contributed by atoms with van der Waals surface area (Å²) < 4.78 is 0.811. The van der Waals surface area contributed by atoms with E-state index in [0.717, 1.165) is 23.0 Å². The number of carboxylic acids is 1. The number of anilines is 1. The monoisotopic (exact) mass is 303 g/mol. The van der Waals surface area contributed by atoms with E-state index in [1.807, 2.05) is 12.1 Å². The standard InChI is InChI=1S/C11H11BrClNO2/c12-8-5-6(1-3-9(8)13)14-10-4-2-7(10)11(15)16/h1,3,5,7,10,14H,2,4H2,(H,15,16). The molecule has 0 heterocycles. The zero-order chi connectivity index (χ0) is 11.7. The van der Waals surface area contributed by atoms with Crippen molar-refractivity contribution in [1.29, 1.82) is 0 Å². The number of hydrogen-bond acceptors (Lipinski definition) is 2. The fourth-order valence-electron chi connectivity index (χ4n) is 1.77. The van der Waals surface area contributed by atoms with E-state index in [2.05, 4.69) is 21.2 Å². The van der Waals surface area contributed by atoms with Gasteiger partial charge in [-0.25, -0.2) is 0 Å². The van der Waals surface area contributed by atoms with Gasteiger partial charge < -0.3 is 10.4 Å². The molecule has 16 heavy (non-hydrogen) atoms. The third kappa shape index (κ3) is 2.33. The molecule has 1 saturated carbocycles. The molecule has 0 saturated heterocycles. The zero-order valence-corrected chi connectivity index (χ0v) is 10.8. The van der Waals surface area contributed by atoms with Crippen LogP contribution in [0.4, 0.5) is 5.69 Å². The number of carbonyl (C=O) groups is 1. The van der Waals surface area contributed by atoms with Crippen LogP contribution in [-0.2, 0) is 4.79 Å². The van der Waals surface area contributed by atoms with Crippen molar-refractivity contribution in [2.45, 2.75) is 18.9 Å². The Labute approximate surface area is 107 Å². The minimum Gasteiger partial charge on any atom is -0.481 e. The van der Waals surface area contributed by atoms with Crippen molar-refractivity contribution < 1.29 is 9.90 Å². The highest BCUT2D eigenvalue weighted by Gasteiger charge is 2.36. The molecule has 0 aromatic heterocycles. The van der Waals surface area contributed by atoms with Crippen LogP contribution >= 0.6 is 27.5 Å². The molecule has 0 radical (unpaired) electrons. The van der Waals surface area contributed by atoms with Gasteiger partial charge in [-0.15, -0.1) is 0 Å². The van der Waals surface area contributed by atoms with Gasteiger partial charge in [0.1, 0.15) is 0 Å². The number of benzene rings is 1. The van der Waals surface area contributed by atoms with Crippen LogP contribution in [0, 0.1) is 5.92 Å². The molecule has 5 heteroatoms. The number of hydrogen-bond donors (Lipinski definition) is 2. The maximum Gasteiger partial charge on any atom is 0.308 e. The predicted octanol–water partition coefficient (Wildman–Crippen LogP) is 3.38. The van der Waals surface area contributed by atoms with E-state index < -0.39 is 5.97 Å². The first kappa shape index (κ1) is 11.7. The lowest BCUT2D eigenvalue weighted by Gasteiger charge is -2.34. The second kappa shape index (κ2) is 4.63. The van der Waals surface area contributed by atoms with Gasteiger partial charge in [0.15, 0.2) is 0 Å². The fraction of sp³-hybridized carbons (Fsp3) is 0.364. The highest BCUT2D eigenvalue weighted by Crippen LogP contribution is 2.32. The first-order chi connectivity index (χ1) is 7.58. The van der Waals surface area contributed by atoms with Crippen molar-refractivity contribution in [3.8, 4) is 0 Å². The SMILES string of the molecule is O=C(O)C1CCC1Nc1ccc(Cl)c(Br)c1. The third-order valence-corrected chi connectivity index (χ3v) is 4.08. The van der Waals surface area contributed by atoms with Crippen LogP contribution in [0.5, 0.6) is 0 Å². The summed E-state index contributed by atoms with van der Waals surface area (Å²) in [5.74, 6) is -0.994. The summed E-state index contributed by atoms with van der Waals surface area (Å²) in [6.07, 6.45) is 1.65. The van der Waals surface area contributed by atoms with Gasteiger partial charge >= 0.3 is 5.97 Å². The summed E-state index contributed by atoms with van der Waals surface area (Å²) in [5, 5.41) is 12.8. The van der Waals surface area contributed by atoms with Gasteiger partial charge in [0.05, 0.1) is 10.9 Å². The smallest absolute Gasteiger partial charge is 0.308 e. The van der Waals surface area contributed by atoms with Crippen molar-refractivity contribution in [2.24, 2.45) is 5.92 Å². The van der Waals surface area contributed by atoms with Crippen LogP contribution in [0.3, 0.4) is 0 Å². The normalized spacial score (nSPS) is 23.6. The average Bonchev–Trinajstić information content (AvgIpc) is 2.17. The summed E-state index contributed by atoms with van der Waals surface area (Å²) in [4.78, 5) is 10.8. The average molecular weight is 305 g/mol. The molecular formula is C11H11BrClNO2. The van der Waals surface area contributed by atoms with Gasteiger partial charge in [-0.2, -0.15) is 0 Å². The van der Waals surface area contributed by atoms with Gasteiger partial charge in [0.2, 0.25) is 0 Å². The van der Waals surface area contributed by atoms with E-state index in [-0.39, 0.29) is 12.0 Å². The Morgan fingerprint density at radius 2 is 2.25 bits per heavy atom. The molecule has 0 spiro atoms. The van der Waals surface area contributed by atoms with Gasteiger partial charge in [0.25, 0.3) is 0 Å². The molecule has 86 valence electrons. The number of rotatable bonds is 3. The fourth-order valence-corrected chi connectivity index (χ4v) is 2.26. The minimum absolute atomic E-state index is 0.0329. The van der Waals surface area contributed by atoms with Crippen molar-refractivity contribution in [1.82, 2.24) is 0 Å². The van der Waals surface area contributed by atoms with Gasteiger partial charge in [-0.1, -0.05) is 11.6 Å². The molecule has 3 nitrogen and oxygen atoms in total. The van der Waals surface area contributed by atoms with Crippen LogP contribution < -0.4 is 5.32 Å². The lowest BCUT2D eigenvalue weighted by Crippen LogP contribution is -2.42. The van der Waals surface area contributed by atoms with Crippen molar-refractivity contribution in [2.75, 3.05) is 5.32 Å². The lowest BCUT2D eigenvalue weighted by molar-refractivity contribution is -0.144. The Kier molecular flexibility index (Phi) is 3.40. The Balaban J connectivity index is 2.04. The van der Waals surface area contributed by atoms with Gasteiger partial charge in [-0.3, -0.25) is 4.79 Å². The maximum atomic E-state index is 10.8. The van der Waals surface area contributed by atoms with Crippen LogP contribution in [0.2, 0.25) is 5.02 Å². The molecule has 1 aromatic rings. The molecule has 2 N–H and O–H groups in total. The lowest BCUT2D eigenvalue weighted by atomic mass is 9.79. The second-order valence-corrected chi connectivity index (χ2v) is 5.16. The van der Waals surface area contributed by atoms with Crippen molar-refractivity contribution in [3.63, 3.8) is 0 Å². The Morgan fingerprint density at radius 1 is 1.50 bits per heavy atom. The summed E-state index contributed by atoms with van der Waals surface area (Å²) in [5.41, 5.74) is 0.896. The molecule has 0 bridgehead atoms. The first-order valence-corrected chi connectivity index (χ1v) is 6.19. The van der Waals surface area contributed by atoms with E-state index in [1.165, 1.54) is 0 Å². The molecule has 0 aliphatic heterocycles. The van der Waals surface area contributed by atoms with Gasteiger partial charge in [0, 0.05) is 16.2 Å². The molecule has 2 rings (SSSR count). The van der Waals surface area contributed by atoms with E-state index in [4.69, 9.17) is 16.7 Å². The van der Waals surface area contributed by atoms with E-state index in [1.54, 1.807) is 6.07 Å². The summed E-state index contributed by atoms with van der Waals surface area (Å²) in [7, 11) is 0. The van der Waals surface area contributed by atoms with Crippen LogP contribution in [0.15, 0.2) is 22.7 Å². The molecule has 1 aliphatic rings. The Bertz CT molecular complexity index is 424. The topological polar surface area (TPSA) is 49.3 Å². The quantitative estimate of drug-likeness (QED) is 0.900. The number of halogens is 2. The third-order valence-electron chi connectivity index (χ3n) is 2.86. The molecule has 1 aliphatic carbocycles. The molecule has 2 unspecified atom stereocenters. The molecular weight excluding hydrogens is 293 g/mol. The Hall–Kier alpha value is -0.740. The molecule has 1 fully saturated rings. The summed E-state index contributed by atoms with van der Waals surface area (Å²) in [6.45, 7) is 0. The highest BCUT2D eigenvalue weighted by atomic mass is 79.9.